The first-order valence-corrected chi connectivity index (χ1v) is 15.1. The van der Waals surface area contributed by atoms with Crippen LogP contribution in [0.1, 0.15) is 0 Å². The molecule has 0 bridgehead atoms. The van der Waals surface area contributed by atoms with E-state index in [0.29, 0.717) is 0 Å². The molecule has 0 aromatic heterocycles. The SMILES string of the molecule is c1ccc(P(Oc2ccc3ccc(OP(c4ccccc4)c4ccccc4)cc3c2)c2ccccc2)cc1. The smallest absolute Gasteiger partial charge is 0.150 e. The van der Waals surface area contributed by atoms with Gasteiger partial charge in [-0.2, -0.15) is 0 Å². The quantitative estimate of drug-likeness (QED) is 0.189. The molecule has 2 nitrogen and oxygen atoms in total. The Morgan fingerprint density at radius 2 is 0.632 bits per heavy atom. The summed E-state index contributed by atoms with van der Waals surface area (Å²) in [7, 11) is -1.99. The molecule has 0 radical (unpaired) electrons. The van der Waals surface area contributed by atoms with Crippen LogP contribution in [0.15, 0.2) is 158 Å². The van der Waals surface area contributed by atoms with E-state index in [-0.39, 0.29) is 0 Å². The average Bonchev–Trinajstić information content (AvgIpc) is 3.00. The molecule has 0 spiro atoms. The lowest BCUT2D eigenvalue weighted by atomic mass is 10.1. The zero-order chi connectivity index (χ0) is 25.6. The second-order valence-electron chi connectivity index (χ2n) is 8.78. The van der Waals surface area contributed by atoms with Gasteiger partial charge in [0.15, 0.2) is 16.3 Å². The van der Waals surface area contributed by atoms with Gasteiger partial charge in [-0.25, -0.2) is 0 Å². The van der Waals surface area contributed by atoms with Crippen molar-refractivity contribution in [1.29, 1.82) is 0 Å². The van der Waals surface area contributed by atoms with Crippen molar-refractivity contribution in [1.82, 2.24) is 0 Å². The van der Waals surface area contributed by atoms with Crippen LogP contribution in [0, 0.1) is 0 Å². The lowest BCUT2D eigenvalue weighted by Gasteiger charge is -2.20. The van der Waals surface area contributed by atoms with Crippen molar-refractivity contribution in [2.24, 2.45) is 0 Å². The molecule has 0 N–H and O–H groups in total. The third kappa shape index (κ3) is 5.63. The second-order valence-corrected chi connectivity index (χ2v) is 12.4. The van der Waals surface area contributed by atoms with Gasteiger partial charge in [0.2, 0.25) is 0 Å². The molecule has 0 aliphatic rings. The molecule has 0 amide bonds. The summed E-state index contributed by atoms with van der Waals surface area (Å²) in [5.74, 6) is 1.70. The van der Waals surface area contributed by atoms with Gasteiger partial charge in [0.25, 0.3) is 0 Å². The molecule has 0 saturated carbocycles. The Bertz CT molecular complexity index is 1410. The average molecular weight is 529 g/mol. The van der Waals surface area contributed by atoms with Crippen molar-refractivity contribution in [3.63, 3.8) is 0 Å². The second kappa shape index (κ2) is 11.6. The van der Waals surface area contributed by atoms with Crippen LogP contribution in [0.25, 0.3) is 10.8 Å². The molecule has 0 atom stereocenters. The highest BCUT2D eigenvalue weighted by Crippen LogP contribution is 2.40. The number of hydrogen-bond acceptors (Lipinski definition) is 2. The predicted molar refractivity (Wildman–Crippen MR) is 163 cm³/mol. The number of hydrogen-bond donors (Lipinski definition) is 0. The van der Waals surface area contributed by atoms with E-state index in [1.54, 1.807) is 0 Å². The first-order valence-electron chi connectivity index (χ1n) is 12.5. The monoisotopic (exact) mass is 528 g/mol. The van der Waals surface area contributed by atoms with E-state index in [1.165, 1.54) is 21.2 Å². The van der Waals surface area contributed by atoms with E-state index < -0.39 is 16.3 Å². The molecule has 6 aromatic rings. The molecule has 0 heterocycles. The Hall–Kier alpha value is -3.96. The maximum atomic E-state index is 6.68. The number of fused-ring (bicyclic) bond motifs is 1. The molecule has 0 unspecified atom stereocenters. The van der Waals surface area contributed by atoms with Crippen LogP contribution in [-0.2, 0) is 0 Å². The van der Waals surface area contributed by atoms with E-state index in [2.05, 4.69) is 133 Å². The summed E-state index contributed by atoms with van der Waals surface area (Å²) in [6.07, 6.45) is 0. The van der Waals surface area contributed by atoms with Gasteiger partial charge in [-0.15, -0.1) is 0 Å². The maximum Gasteiger partial charge on any atom is 0.150 e. The molecule has 0 aliphatic carbocycles. The molecule has 6 aromatic carbocycles. The highest BCUT2D eigenvalue weighted by molar-refractivity contribution is 7.69. The Balaban J connectivity index is 1.32. The molecule has 38 heavy (non-hydrogen) atoms. The van der Waals surface area contributed by atoms with Gasteiger partial charge in [-0.3, -0.25) is 0 Å². The standard InChI is InChI=1S/C34H26O2P2/c1-5-13-31(14-6-1)37(32-15-7-2-8-16-32)35-29-23-21-27-22-24-30(26-28(27)25-29)36-38(33-17-9-3-10-18-33)34-19-11-4-12-20-34/h1-26H. The molecule has 0 saturated heterocycles. The minimum absolute atomic E-state index is 0.849. The van der Waals surface area contributed by atoms with Gasteiger partial charge in [0, 0.05) is 21.2 Å². The molecular weight excluding hydrogens is 502 g/mol. The highest BCUT2D eigenvalue weighted by atomic mass is 31.1. The lowest BCUT2D eigenvalue weighted by Crippen LogP contribution is -2.15. The van der Waals surface area contributed by atoms with E-state index in [0.717, 1.165) is 22.3 Å². The largest absolute Gasteiger partial charge is 0.464 e. The van der Waals surface area contributed by atoms with Crippen molar-refractivity contribution in [2.45, 2.75) is 0 Å². The summed E-state index contributed by atoms with van der Waals surface area (Å²) < 4.78 is 13.4. The van der Waals surface area contributed by atoms with Gasteiger partial charge < -0.3 is 9.05 Å². The molecule has 184 valence electrons. The number of rotatable bonds is 8. The Kier molecular flexibility index (Phi) is 7.45. The van der Waals surface area contributed by atoms with Crippen LogP contribution in [-0.4, -0.2) is 0 Å². The van der Waals surface area contributed by atoms with Crippen LogP contribution in [0.4, 0.5) is 0 Å². The van der Waals surface area contributed by atoms with Gasteiger partial charge in [-0.1, -0.05) is 133 Å². The van der Waals surface area contributed by atoms with Crippen LogP contribution >= 0.6 is 16.3 Å². The molecular formula is C34H26O2P2. The van der Waals surface area contributed by atoms with Gasteiger partial charge in [0.05, 0.1) is 0 Å². The first kappa shape index (κ1) is 24.4. The van der Waals surface area contributed by atoms with Gasteiger partial charge in [-0.05, 0) is 35.0 Å². The summed E-state index contributed by atoms with van der Waals surface area (Å²) in [5, 5.41) is 6.97. The Labute approximate surface area is 226 Å². The fourth-order valence-electron chi connectivity index (χ4n) is 4.29. The minimum Gasteiger partial charge on any atom is -0.464 e. The van der Waals surface area contributed by atoms with Crippen LogP contribution in [0.5, 0.6) is 11.5 Å². The van der Waals surface area contributed by atoms with E-state index in [9.17, 15) is 0 Å². The third-order valence-corrected chi connectivity index (χ3v) is 9.99. The van der Waals surface area contributed by atoms with Crippen LogP contribution in [0.3, 0.4) is 0 Å². The molecule has 0 fully saturated rings. The summed E-state index contributed by atoms with van der Waals surface area (Å²) in [5.41, 5.74) is 0. The topological polar surface area (TPSA) is 18.5 Å². The van der Waals surface area contributed by atoms with Crippen molar-refractivity contribution >= 4 is 48.3 Å². The highest BCUT2D eigenvalue weighted by Gasteiger charge is 2.18. The van der Waals surface area contributed by atoms with Gasteiger partial charge in [0.1, 0.15) is 11.5 Å². The Morgan fingerprint density at radius 1 is 0.316 bits per heavy atom. The summed E-state index contributed by atoms with van der Waals surface area (Å²) in [4.78, 5) is 0. The van der Waals surface area contributed by atoms with Gasteiger partial charge >= 0.3 is 0 Å². The third-order valence-electron chi connectivity index (χ3n) is 6.14. The van der Waals surface area contributed by atoms with E-state index >= 15 is 0 Å². The summed E-state index contributed by atoms with van der Waals surface area (Å²) in [6, 6.07) is 54.4. The number of benzene rings is 6. The normalized spacial score (nSPS) is 11.1. The first-order chi connectivity index (χ1) is 18.8. The maximum absolute atomic E-state index is 6.68. The Morgan fingerprint density at radius 3 is 0.947 bits per heavy atom. The molecule has 0 aliphatic heterocycles. The summed E-state index contributed by atoms with van der Waals surface area (Å²) in [6.45, 7) is 0. The van der Waals surface area contributed by atoms with E-state index in [4.69, 9.17) is 9.05 Å². The fourth-order valence-corrected chi connectivity index (χ4v) is 7.73. The van der Waals surface area contributed by atoms with Crippen molar-refractivity contribution < 1.29 is 9.05 Å². The van der Waals surface area contributed by atoms with Crippen LogP contribution < -0.4 is 30.3 Å². The fraction of sp³-hybridized carbons (Fsp3) is 0. The zero-order valence-corrected chi connectivity index (χ0v) is 22.5. The van der Waals surface area contributed by atoms with E-state index in [1.807, 2.05) is 24.3 Å². The van der Waals surface area contributed by atoms with Crippen molar-refractivity contribution in [3.8, 4) is 11.5 Å². The lowest BCUT2D eigenvalue weighted by molar-refractivity contribution is 0.628. The summed E-state index contributed by atoms with van der Waals surface area (Å²) >= 11 is 0. The van der Waals surface area contributed by atoms with Crippen molar-refractivity contribution in [2.75, 3.05) is 0 Å². The molecule has 6 rings (SSSR count). The minimum atomic E-state index is -0.993. The van der Waals surface area contributed by atoms with Crippen molar-refractivity contribution in [3.05, 3.63) is 158 Å². The van der Waals surface area contributed by atoms with Crippen LogP contribution in [0.2, 0.25) is 0 Å². The predicted octanol–water partition coefficient (Wildman–Crippen LogP) is 7.69. The zero-order valence-electron chi connectivity index (χ0n) is 20.7. The molecule has 4 heteroatoms.